The average Bonchev–Trinajstić information content (AvgIpc) is 2.79. The van der Waals surface area contributed by atoms with Gasteiger partial charge in [0.1, 0.15) is 11.7 Å². The van der Waals surface area contributed by atoms with E-state index >= 15 is 0 Å². The number of rotatable bonds is 4. The molecule has 176 valence electrons. The van der Waals surface area contributed by atoms with Gasteiger partial charge in [0.2, 0.25) is 0 Å². The van der Waals surface area contributed by atoms with E-state index in [0.29, 0.717) is 18.4 Å². The van der Waals surface area contributed by atoms with Crippen molar-refractivity contribution in [2.45, 2.75) is 31.5 Å². The molecule has 0 aliphatic carbocycles. The number of amides is 4. The molecule has 2 heterocycles. The molecule has 0 spiro atoms. The van der Waals surface area contributed by atoms with E-state index in [9.17, 15) is 28.4 Å². The second-order valence-corrected chi connectivity index (χ2v) is 8.36. The van der Waals surface area contributed by atoms with Crippen molar-refractivity contribution in [1.29, 1.82) is 0 Å². The number of likely N-dealkylation sites (N-methyl/N-ethyl adjacent to an activating group) is 2. The van der Waals surface area contributed by atoms with Crippen molar-refractivity contribution in [2.75, 3.05) is 27.7 Å². The fourth-order valence-electron chi connectivity index (χ4n) is 3.63. The fraction of sp³-hybridized carbons (Fsp3) is 0.429. The van der Waals surface area contributed by atoms with Gasteiger partial charge in [0.15, 0.2) is 6.04 Å². The number of carbonyl (C=O) groups excluding carboxylic acids is 5. The van der Waals surface area contributed by atoms with Crippen LogP contribution in [0.3, 0.4) is 0 Å². The van der Waals surface area contributed by atoms with Crippen molar-refractivity contribution in [3.8, 4) is 0 Å². The predicted octanol–water partition coefficient (Wildman–Crippen LogP) is -0.0173. The molecule has 2 aliphatic heterocycles. The van der Waals surface area contributed by atoms with Crippen LogP contribution in [0.4, 0.5) is 4.39 Å². The van der Waals surface area contributed by atoms with Crippen LogP contribution in [0.1, 0.15) is 18.4 Å². The Bertz CT molecular complexity index is 1060. The van der Waals surface area contributed by atoms with Gasteiger partial charge in [-0.25, -0.2) is 9.38 Å². The summed E-state index contributed by atoms with van der Waals surface area (Å²) >= 11 is 5.74. The molecule has 0 aromatic heterocycles. The Morgan fingerprint density at radius 3 is 2.55 bits per heavy atom. The van der Waals surface area contributed by atoms with Crippen LogP contribution in [0.25, 0.3) is 0 Å². The molecule has 1 fully saturated rings. The summed E-state index contributed by atoms with van der Waals surface area (Å²) in [5, 5.41) is 2.38. The summed E-state index contributed by atoms with van der Waals surface area (Å²) in [6.45, 7) is 0.149. The van der Waals surface area contributed by atoms with Crippen LogP contribution in [0, 0.1) is 5.82 Å². The third-order valence-electron chi connectivity index (χ3n) is 5.48. The number of ketones is 1. The summed E-state index contributed by atoms with van der Waals surface area (Å²) in [7, 11) is 4.29. The Balaban J connectivity index is 1.83. The van der Waals surface area contributed by atoms with E-state index in [-0.39, 0.29) is 23.9 Å². The molecule has 1 aromatic rings. The van der Waals surface area contributed by atoms with Crippen LogP contribution in [0.5, 0.6) is 0 Å². The highest BCUT2D eigenvalue weighted by atomic mass is 35.5. The van der Waals surface area contributed by atoms with Gasteiger partial charge in [0.05, 0.1) is 11.1 Å². The first-order valence-electron chi connectivity index (χ1n) is 10.2. The number of hydrogen-bond acceptors (Lipinski definition) is 6. The molecule has 2 aliphatic rings. The zero-order valence-corrected chi connectivity index (χ0v) is 19.1. The number of amidine groups is 1. The monoisotopic (exact) mass is 479 g/mol. The van der Waals surface area contributed by atoms with Gasteiger partial charge in [-0.15, -0.1) is 0 Å². The number of fused-ring (bicyclic) bond motifs is 1. The van der Waals surface area contributed by atoms with E-state index in [2.05, 4.69) is 10.3 Å². The maximum atomic E-state index is 13.3. The summed E-state index contributed by atoms with van der Waals surface area (Å²) in [5.74, 6) is -4.77. The molecule has 10 nitrogen and oxygen atoms in total. The summed E-state index contributed by atoms with van der Waals surface area (Å²) < 4.78 is 13.3. The average molecular weight is 480 g/mol. The molecule has 1 aromatic carbocycles. The van der Waals surface area contributed by atoms with Gasteiger partial charge in [-0.2, -0.15) is 0 Å². The first-order valence-corrected chi connectivity index (χ1v) is 10.5. The highest BCUT2D eigenvalue weighted by molar-refractivity contribution is 6.46. The summed E-state index contributed by atoms with van der Waals surface area (Å²) in [4.78, 5) is 70.3. The topological polar surface area (TPSA) is 119 Å². The number of benzene rings is 1. The van der Waals surface area contributed by atoms with Crippen molar-refractivity contribution in [3.63, 3.8) is 0 Å². The molecule has 1 N–H and O–H groups in total. The lowest BCUT2D eigenvalue weighted by molar-refractivity contribution is -0.151. The zero-order chi connectivity index (χ0) is 24.4. The first-order chi connectivity index (χ1) is 15.5. The lowest BCUT2D eigenvalue weighted by atomic mass is 9.98. The van der Waals surface area contributed by atoms with Crippen LogP contribution >= 0.6 is 11.6 Å². The van der Waals surface area contributed by atoms with E-state index < -0.39 is 47.3 Å². The summed E-state index contributed by atoms with van der Waals surface area (Å²) in [6.07, 6.45) is 0.890. The van der Waals surface area contributed by atoms with E-state index in [1.54, 1.807) is 0 Å². The molecule has 12 heteroatoms. The second kappa shape index (κ2) is 9.65. The van der Waals surface area contributed by atoms with Crippen LogP contribution in [-0.2, 0) is 30.5 Å². The largest absolute Gasteiger partial charge is 0.350 e. The van der Waals surface area contributed by atoms with E-state index in [0.717, 1.165) is 15.9 Å². The number of hydrogen-bond donors (Lipinski definition) is 1. The molecule has 0 radical (unpaired) electrons. The van der Waals surface area contributed by atoms with Crippen molar-refractivity contribution in [2.24, 2.45) is 4.99 Å². The summed E-state index contributed by atoms with van der Waals surface area (Å²) in [6, 6.07) is 1.51. The Morgan fingerprint density at radius 2 is 1.91 bits per heavy atom. The third-order valence-corrected chi connectivity index (χ3v) is 5.77. The van der Waals surface area contributed by atoms with Gasteiger partial charge < -0.3 is 15.1 Å². The molecule has 4 amide bonds. The molecule has 33 heavy (non-hydrogen) atoms. The molecule has 1 saturated heterocycles. The SMILES string of the molecule is CN(C)C(=O)C(=O)N(C)C1CCCN2C(=O)C(=O)C(C(=O)NCc3ccc(F)c(Cl)c3)N=C12. The second-order valence-electron chi connectivity index (χ2n) is 7.95. The Kier molecular flexibility index (Phi) is 7.11. The van der Waals surface area contributed by atoms with Crippen molar-refractivity contribution in [3.05, 3.63) is 34.6 Å². The zero-order valence-electron chi connectivity index (χ0n) is 18.3. The maximum Gasteiger partial charge on any atom is 0.312 e. The normalized spacial score (nSPS) is 20.0. The van der Waals surface area contributed by atoms with Gasteiger partial charge in [0.25, 0.3) is 17.6 Å². The van der Waals surface area contributed by atoms with Crippen LogP contribution in [0.2, 0.25) is 5.02 Å². The van der Waals surface area contributed by atoms with E-state index in [1.807, 2.05) is 0 Å². The lowest BCUT2D eigenvalue weighted by Crippen LogP contribution is -2.62. The maximum absolute atomic E-state index is 13.3. The molecule has 0 bridgehead atoms. The predicted molar refractivity (Wildman–Crippen MR) is 116 cm³/mol. The third kappa shape index (κ3) is 4.87. The molecule has 2 atom stereocenters. The number of aliphatic imine (C=N–C) groups is 1. The minimum atomic E-state index is -1.63. The van der Waals surface area contributed by atoms with Gasteiger partial charge in [-0.05, 0) is 30.5 Å². The highest BCUT2D eigenvalue weighted by Crippen LogP contribution is 2.23. The highest BCUT2D eigenvalue weighted by Gasteiger charge is 2.46. The Labute approximate surface area is 194 Å². The Morgan fingerprint density at radius 1 is 1.21 bits per heavy atom. The summed E-state index contributed by atoms with van der Waals surface area (Å²) in [5.41, 5.74) is 0.488. The van der Waals surface area contributed by atoms with Crippen LogP contribution < -0.4 is 5.32 Å². The van der Waals surface area contributed by atoms with Gasteiger partial charge in [0, 0.05) is 34.2 Å². The number of halogens is 2. The van der Waals surface area contributed by atoms with Crippen LogP contribution in [-0.4, -0.2) is 89.7 Å². The molecule has 0 saturated carbocycles. The number of nitrogens with one attached hydrogen (secondary N) is 1. The molecule has 3 rings (SSSR count). The molecular formula is C21H23ClFN5O5. The minimum Gasteiger partial charge on any atom is -0.350 e. The minimum absolute atomic E-state index is 0.0650. The quantitative estimate of drug-likeness (QED) is 0.481. The van der Waals surface area contributed by atoms with Gasteiger partial charge >= 0.3 is 11.8 Å². The van der Waals surface area contributed by atoms with E-state index in [1.165, 1.54) is 38.2 Å². The van der Waals surface area contributed by atoms with Gasteiger partial charge in [-0.3, -0.25) is 28.9 Å². The fourth-order valence-corrected chi connectivity index (χ4v) is 3.84. The molecule has 2 unspecified atom stereocenters. The van der Waals surface area contributed by atoms with Gasteiger partial charge in [-0.1, -0.05) is 17.7 Å². The Hall–Kier alpha value is -3.34. The number of nitrogens with zero attached hydrogens (tertiary/aromatic N) is 4. The standard InChI is InChI=1S/C21H23ClFN5O5/c1-26(2)20(32)21(33)27(3)14-5-4-8-28-17(14)25-15(16(29)19(28)31)18(30)24-10-11-6-7-13(23)12(22)9-11/h6-7,9,14-15H,4-5,8,10H2,1-3H3,(H,24,30). The van der Waals surface area contributed by atoms with Crippen molar-refractivity contribution >= 4 is 46.8 Å². The van der Waals surface area contributed by atoms with Crippen LogP contribution in [0.15, 0.2) is 23.2 Å². The first kappa shape index (κ1) is 24.3. The molecular weight excluding hydrogens is 457 g/mol. The smallest absolute Gasteiger partial charge is 0.312 e. The number of piperidine rings is 1. The number of carbonyl (C=O) groups is 5. The van der Waals surface area contributed by atoms with E-state index in [4.69, 9.17) is 11.6 Å². The van der Waals surface area contributed by atoms with Crippen molar-refractivity contribution in [1.82, 2.24) is 20.0 Å². The lowest BCUT2D eigenvalue weighted by Gasteiger charge is -2.40. The van der Waals surface area contributed by atoms with Crippen molar-refractivity contribution < 1.29 is 28.4 Å². The number of Topliss-reactive ketones (excluding diaryl/α,β-unsaturated/α-hetero) is 1.